The minimum absolute atomic E-state index is 0.176. The molecule has 0 radical (unpaired) electrons. The molecule has 2 aromatic rings. The van der Waals surface area contributed by atoms with Crippen LogP contribution in [0.1, 0.15) is 11.1 Å². The third-order valence-corrected chi connectivity index (χ3v) is 3.22. The van der Waals surface area contributed by atoms with Crippen LogP contribution in [0.3, 0.4) is 0 Å². The van der Waals surface area contributed by atoms with E-state index >= 15 is 0 Å². The number of hydrogen-bond donors (Lipinski definition) is 2. The zero-order valence-electron chi connectivity index (χ0n) is 8.90. The van der Waals surface area contributed by atoms with Crippen molar-refractivity contribution in [1.29, 1.82) is 0 Å². The predicted molar refractivity (Wildman–Crippen MR) is 65.4 cm³/mol. The molecule has 2 aromatic carbocycles. The van der Waals surface area contributed by atoms with E-state index in [9.17, 15) is 5.11 Å². The summed E-state index contributed by atoms with van der Waals surface area (Å²) in [5.41, 5.74) is 11.1. The number of benzene rings is 2. The zero-order valence-corrected chi connectivity index (χ0v) is 8.90. The van der Waals surface area contributed by atoms with Crippen molar-refractivity contribution >= 4 is 5.69 Å². The van der Waals surface area contributed by atoms with Gasteiger partial charge in [-0.15, -0.1) is 0 Å². The van der Waals surface area contributed by atoms with Gasteiger partial charge in [0.25, 0.3) is 0 Å². The van der Waals surface area contributed by atoms with E-state index in [0.717, 1.165) is 18.4 Å². The van der Waals surface area contributed by atoms with Gasteiger partial charge in [-0.05, 0) is 47.2 Å². The number of fused-ring (bicyclic) bond motifs is 3. The molecule has 0 fully saturated rings. The van der Waals surface area contributed by atoms with Crippen LogP contribution >= 0.6 is 0 Å². The number of anilines is 1. The lowest BCUT2D eigenvalue weighted by Crippen LogP contribution is -2.04. The summed E-state index contributed by atoms with van der Waals surface area (Å²) in [5, 5.41) is 9.68. The maximum absolute atomic E-state index is 9.68. The second kappa shape index (κ2) is 3.27. The molecule has 0 aliphatic heterocycles. The van der Waals surface area contributed by atoms with Gasteiger partial charge >= 0.3 is 0 Å². The molecule has 80 valence electrons. The molecule has 3 rings (SSSR count). The summed E-state index contributed by atoms with van der Waals surface area (Å²) in [7, 11) is 0. The van der Waals surface area contributed by atoms with E-state index < -0.39 is 0 Å². The fourth-order valence-electron chi connectivity index (χ4n) is 2.38. The van der Waals surface area contributed by atoms with Crippen molar-refractivity contribution in [1.82, 2.24) is 0 Å². The smallest absolute Gasteiger partial charge is 0.139 e. The number of nitrogens with two attached hydrogens (primary N) is 1. The normalized spacial score (nSPS) is 13.0. The quantitative estimate of drug-likeness (QED) is 0.520. The van der Waals surface area contributed by atoms with Gasteiger partial charge in [-0.3, -0.25) is 0 Å². The molecule has 3 N–H and O–H groups in total. The van der Waals surface area contributed by atoms with Crippen LogP contribution in [0.2, 0.25) is 0 Å². The van der Waals surface area contributed by atoms with E-state index in [0.29, 0.717) is 5.69 Å². The third-order valence-electron chi connectivity index (χ3n) is 3.22. The Kier molecular flexibility index (Phi) is 1.90. The lowest BCUT2D eigenvalue weighted by Gasteiger charge is -2.20. The van der Waals surface area contributed by atoms with Crippen molar-refractivity contribution in [2.45, 2.75) is 12.8 Å². The van der Waals surface area contributed by atoms with Crippen LogP contribution in [0, 0.1) is 0 Å². The van der Waals surface area contributed by atoms with Crippen LogP contribution in [0.25, 0.3) is 11.1 Å². The van der Waals surface area contributed by atoms with Crippen LogP contribution in [-0.2, 0) is 12.8 Å². The molecule has 1 aliphatic carbocycles. The standard InChI is InChI=1S/C14H13NO/c15-13-7-10-6-5-9-3-1-2-4-11(9)12(10)8-14(13)16/h1-4,7-8,16H,5-6,15H2. The van der Waals surface area contributed by atoms with Gasteiger partial charge in [-0.2, -0.15) is 0 Å². The number of hydrogen-bond acceptors (Lipinski definition) is 2. The van der Waals surface area contributed by atoms with Gasteiger partial charge in [0.05, 0.1) is 5.69 Å². The summed E-state index contributed by atoms with van der Waals surface area (Å²) in [4.78, 5) is 0. The number of phenolic OH excluding ortho intramolecular Hbond substituents is 1. The molecular weight excluding hydrogens is 198 g/mol. The average Bonchev–Trinajstić information content (AvgIpc) is 2.31. The first-order valence-electron chi connectivity index (χ1n) is 5.45. The van der Waals surface area contributed by atoms with Gasteiger partial charge in [-0.25, -0.2) is 0 Å². The Balaban J connectivity index is 2.28. The largest absolute Gasteiger partial charge is 0.506 e. The Morgan fingerprint density at radius 1 is 0.938 bits per heavy atom. The van der Waals surface area contributed by atoms with E-state index in [1.165, 1.54) is 16.7 Å². The lowest BCUT2D eigenvalue weighted by molar-refractivity contribution is 0.478. The van der Waals surface area contributed by atoms with Gasteiger partial charge in [0.1, 0.15) is 5.75 Å². The average molecular weight is 211 g/mol. The molecular formula is C14H13NO. The second-order valence-corrected chi connectivity index (χ2v) is 4.23. The molecule has 0 aromatic heterocycles. The Morgan fingerprint density at radius 3 is 2.56 bits per heavy atom. The number of phenols is 1. The van der Waals surface area contributed by atoms with E-state index in [4.69, 9.17) is 5.73 Å². The fourth-order valence-corrected chi connectivity index (χ4v) is 2.38. The first-order chi connectivity index (χ1) is 7.75. The first kappa shape index (κ1) is 9.28. The van der Waals surface area contributed by atoms with Crippen LogP contribution in [-0.4, -0.2) is 5.11 Å². The minimum Gasteiger partial charge on any atom is -0.506 e. The molecule has 0 heterocycles. The Morgan fingerprint density at radius 2 is 1.69 bits per heavy atom. The molecule has 0 spiro atoms. The SMILES string of the molecule is Nc1cc2c(cc1O)-c1ccccc1CC2. The lowest BCUT2D eigenvalue weighted by atomic mass is 9.85. The van der Waals surface area contributed by atoms with Crippen molar-refractivity contribution in [3.8, 4) is 16.9 Å². The summed E-state index contributed by atoms with van der Waals surface area (Å²) >= 11 is 0. The highest BCUT2D eigenvalue weighted by atomic mass is 16.3. The number of aryl methyl sites for hydroxylation is 2. The highest BCUT2D eigenvalue weighted by Gasteiger charge is 2.16. The van der Waals surface area contributed by atoms with Crippen LogP contribution in [0.4, 0.5) is 5.69 Å². The van der Waals surface area contributed by atoms with Crippen molar-refractivity contribution in [3.05, 3.63) is 47.5 Å². The van der Waals surface area contributed by atoms with Gasteiger partial charge in [0.2, 0.25) is 0 Å². The van der Waals surface area contributed by atoms with E-state index in [1.807, 2.05) is 12.1 Å². The van der Waals surface area contributed by atoms with Crippen LogP contribution in [0.15, 0.2) is 36.4 Å². The van der Waals surface area contributed by atoms with Gasteiger partial charge in [0, 0.05) is 0 Å². The van der Waals surface area contributed by atoms with Gasteiger partial charge in [-0.1, -0.05) is 24.3 Å². The topological polar surface area (TPSA) is 46.2 Å². The summed E-state index contributed by atoms with van der Waals surface area (Å²) < 4.78 is 0. The Hall–Kier alpha value is -1.96. The Labute approximate surface area is 94.3 Å². The monoisotopic (exact) mass is 211 g/mol. The van der Waals surface area contributed by atoms with E-state index in [2.05, 4.69) is 18.2 Å². The van der Waals surface area contributed by atoms with E-state index in [-0.39, 0.29) is 5.75 Å². The third kappa shape index (κ3) is 1.27. The Bertz CT molecular complexity index is 561. The molecule has 0 unspecified atom stereocenters. The van der Waals surface area contributed by atoms with Crippen molar-refractivity contribution in [2.75, 3.05) is 5.73 Å². The second-order valence-electron chi connectivity index (χ2n) is 4.23. The fraction of sp³-hybridized carbons (Fsp3) is 0.143. The van der Waals surface area contributed by atoms with Crippen LogP contribution < -0.4 is 5.73 Å². The number of nitrogen functional groups attached to an aromatic ring is 1. The maximum atomic E-state index is 9.68. The van der Waals surface area contributed by atoms with Crippen molar-refractivity contribution in [2.24, 2.45) is 0 Å². The molecule has 0 amide bonds. The molecule has 0 bridgehead atoms. The maximum Gasteiger partial charge on any atom is 0.139 e. The first-order valence-corrected chi connectivity index (χ1v) is 5.45. The van der Waals surface area contributed by atoms with E-state index in [1.54, 1.807) is 6.07 Å². The van der Waals surface area contributed by atoms with Gasteiger partial charge < -0.3 is 10.8 Å². The molecule has 0 saturated heterocycles. The number of rotatable bonds is 0. The predicted octanol–water partition coefficient (Wildman–Crippen LogP) is 2.74. The van der Waals surface area contributed by atoms with Crippen molar-refractivity contribution in [3.63, 3.8) is 0 Å². The summed E-state index contributed by atoms with van der Waals surface area (Å²) in [6.45, 7) is 0. The summed E-state index contributed by atoms with van der Waals surface area (Å²) in [6.07, 6.45) is 2.05. The minimum atomic E-state index is 0.176. The summed E-state index contributed by atoms with van der Waals surface area (Å²) in [6, 6.07) is 12.0. The number of aromatic hydroxyl groups is 1. The highest BCUT2D eigenvalue weighted by molar-refractivity contribution is 5.77. The van der Waals surface area contributed by atoms with Crippen LogP contribution in [0.5, 0.6) is 5.75 Å². The van der Waals surface area contributed by atoms with Gasteiger partial charge in [0.15, 0.2) is 0 Å². The molecule has 1 aliphatic rings. The summed E-state index contributed by atoms with van der Waals surface area (Å²) in [5.74, 6) is 0.176. The molecule has 0 atom stereocenters. The highest BCUT2D eigenvalue weighted by Crippen LogP contribution is 2.37. The van der Waals surface area contributed by atoms with Crippen molar-refractivity contribution < 1.29 is 5.11 Å². The molecule has 0 saturated carbocycles. The molecule has 2 heteroatoms. The molecule has 2 nitrogen and oxygen atoms in total. The zero-order chi connectivity index (χ0) is 11.1. The molecule has 16 heavy (non-hydrogen) atoms.